The summed E-state index contributed by atoms with van der Waals surface area (Å²) in [6, 6.07) is 0. The minimum Gasteiger partial charge on any atom is -0.486 e. The summed E-state index contributed by atoms with van der Waals surface area (Å²) in [6.07, 6.45) is 0. The van der Waals surface area contributed by atoms with Gasteiger partial charge in [0, 0.05) is 34.6 Å². The highest BCUT2D eigenvalue weighted by molar-refractivity contribution is 5.87. The predicted octanol–water partition coefficient (Wildman–Crippen LogP) is 1.71. The van der Waals surface area contributed by atoms with Crippen LogP contribution in [0.15, 0.2) is 0 Å². The number of ether oxygens (including phenoxy) is 6. The first kappa shape index (κ1) is 23.4. The number of esters is 5. The minimum atomic E-state index is -0.904. The van der Waals surface area contributed by atoms with Crippen LogP contribution in [0.2, 0.25) is 0 Å². The van der Waals surface area contributed by atoms with E-state index in [1.807, 2.05) is 0 Å². The van der Waals surface area contributed by atoms with E-state index in [-0.39, 0.29) is 12.4 Å². The molecule has 0 fully saturated rings. The smallest absolute Gasteiger partial charge is 0.308 e. The lowest BCUT2D eigenvalue weighted by molar-refractivity contribution is -0.137. The fraction of sp³-hybridized carbons (Fsp3) is 0.389. The van der Waals surface area contributed by atoms with E-state index in [0.717, 1.165) is 34.6 Å². The van der Waals surface area contributed by atoms with Crippen molar-refractivity contribution in [2.75, 3.05) is 6.61 Å². The van der Waals surface area contributed by atoms with Crippen LogP contribution >= 0.6 is 0 Å². The molecular formula is C18H20O11. The lowest BCUT2D eigenvalue weighted by atomic mass is 10.2. The fourth-order valence-corrected chi connectivity index (χ4v) is 2.08. The number of rotatable bonds is 7. The molecule has 0 spiro atoms. The SMILES string of the molecule is CCOc1c(OC(C)=O)c(OC(C)=O)c(OC(C)=O)c(OC(C)=O)c1OC(C)=O. The maximum Gasteiger partial charge on any atom is 0.308 e. The van der Waals surface area contributed by atoms with E-state index >= 15 is 0 Å². The highest BCUT2D eigenvalue weighted by atomic mass is 16.6. The van der Waals surface area contributed by atoms with Gasteiger partial charge in [0.05, 0.1) is 6.61 Å². The number of hydrogen-bond acceptors (Lipinski definition) is 11. The standard InChI is InChI=1S/C18H20O11/c1-7-24-13-14(25-8(2)19)16(27-10(4)21)18(29-12(6)23)17(28-11(5)22)15(13)26-9(3)20/h7H2,1-6H3. The molecule has 0 N–H and O–H groups in total. The molecule has 0 saturated heterocycles. The summed E-state index contributed by atoms with van der Waals surface area (Å²) in [7, 11) is 0. The van der Waals surface area contributed by atoms with Gasteiger partial charge in [-0.2, -0.15) is 0 Å². The van der Waals surface area contributed by atoms with Crippen LogP contribution in [0.3, 0.4) is 0 Å². The van der Waals surface area contributed by atoms with Gasteiger partial charge < -0.3 is 28.4 Å². The van der Waals surface area contributed by atoms with Crippen LogP contribution < -0.4 is 28.4 Å². The summed E-state index contributed by atoms with van der Waals surface area (Å²) in [5.41, 5.74) is 0. The topological polar surface area (TPSA) is 141 Å². The van der Waals surface area contributed by atoms with Gasteiger partial charge in [-0.3, -0.25) is 24.0 Å². The minimum absolute atomic E-state index is 0.0194. The molecule has 0 aliphatic heterocycles. The van der Waals surface area contributed by atoms with Crippen molar-refractivity contribution in [1.29, 1.82) is 0 Å². The molecular weight excluding hydrogens is 392 g/mol. The molecule has 0 saturated carbocycles. The van der Waals surface area contributed by atoms with Crippen molar-refractivity contribution in [3.05, 3.63) is 0 Å². The van der Waals surface area contributed by atoms with Gasteiger partial charge in [0.1, 0.15) is 0 Å². The number of benzene rings is 1. The highest BCUT2D eigenvalue weighted by Gasteiger charge is 2.35. The molecule has 1 rings (SSSR count). The fourth-order valence-electron chi connectivity index (χ4n) is 2.08. The lowest BCUT2D eigenvalue weighted by Crippen LogP contribution is -2.16. The van der Waals surface area contributed by atoms with E-state index < -0.39 is 58.6 Å². The zero-order chi connectivity index (χ0) is 22.3. The molecule has 29 heavy (non-hydrogen) atoms. The van der Waals surface area contributed by atoms with E-state index in [1.165, 1.54) is 0 Å². The van der Waals surface area contributed by atoms with Gasteiger partial charge in [-0.1, -0.05) is 0 Å². The molecule has 0 unspecified atom stereocenters. The summed E-state index contributed by atoms with van der Waals surface area (Å²) in [4.78, 5) is 58.1. The second-order valence-electron chi connectivity index (χ2n) is 5.38. The molecule has 0 atom stereocenters. The van der Waals surface area contributed by atoms with Crippen molar-refractivity contribution in [2.24, 2.45) is 0 Å². The lowest BCUT2D eigenvalue weighted by Gasteiger charge is -2.22. The van der Waals surface area contributed by atoms with Crippen LogP contribution in [0, 0.1) is 0 Å². The second-order valence-corrected chi connectivity index (χ2v) is 5.38. The molecule has 0 aliphatic carbocycles. The van der Waals surface area contributed by atoms with Crippen molar-refractivity contribution < 1.29 is 52.4 Å². The zero-order valence-corrected chi connectivity index (χ0v) is 16.7. The Hall–Kier alpha value is -3.63. The average Bonchev–Trinajstić information content (AvgIpc) is 2.55. The second kappa shape index (κ2) is 10.1. The van der Waals surface area contributed by atoms with E-state index in [2.05, 4.69) is 0 Å². The molecule has 0 amide bonds. The van der Waals surface area contributed by atoms with E-state index in [4.69, 9.17) is 28.4 Å². The predicted molar refractivity (Wildman–Crippen MR) is 94.2 cm³/mol. The van der Waals surface area contributed by atoms with E-state index in [1.54, 1.807) is 6.92 Å². The number of hydrogen-bond donors (Lipinski definition) is 0. The Morgan fingerprint density at radius 2 is 0.690 bits per heavy atom. The van der Waals surface area contributed by atoms with E-state index in [9.17, 15) is 24.0 Å². The summed E-state index contributed by atoms with van der Waals surface area (Å²) in [6.45, 7) is 6.71. The Kier molecular flexibility index (Phi) is 8.12. The zero-order valence-electron chi connectivity index (χ0n) is 16.7. The van der Waals surface area contributed by atoms with Gasteiger partial charge in [0.2, 0.25) is 34.5 Å². The maximum atomic E-state index is 11.6. The molecule has 11 heteroatoms. The summed E-state index contributed by atoms with van der Waals surface area (Å²) in [5, 5.41) is 0. The molecule has 0 bridgehead atoms. The third kappa shape index (κ3) is 6.48. The van der Waals surface area contributed by atoms with Gasteiger partial charge in [0.25, 0.3) is 0 Å². The number of carbonyl (C=O) groups excluding carboxylic acids is 5. The highest BCUT2D eigenvalue weighted by Crippen LogP contribution is 2.58. The van der Waals surface area contributed by atoms with Gasteiger partial charge in [0.15, 0.2) is 0 Å². The van der Waals surface area contributed by atoms with Crippen LogP contribution in [-0.4, -0.2) is 36.5 Å². The summed E-state index contributed by atoms with van der Waals surface area (Å²) in [5.74, 6) is -7.61. The monoisotopic (exact) mass is 412 g/mol. The average molecular weight is 412 g/mol. The number of carbonyl (C=O) groups is 5. The summed E-state index contributed by atoms with van der Waals surface area (Å²) >= 11 is 0. The molecule has 0 aliphatic rings. The van der Waals surface area contributed by atoms with Gasteiger partial charge >= 0.3 is 29.8 Å². The molecule has 0 radical (unpaired) electrons. The van der Waals surface area contributed by atoms with Crippen LogP contribution in [0.1, 0.15) is 41.5 Å². The Labute approximate surface area is 165 Å². The quantitative estimate of drug-likeness (QED) is 0.477. The molecule has 11 nitrogen and oxygen atoms in total. The van der Waals surface area contributed by atoms with Crippen molar-refractivity contribution in [1.82, 2.24) is 0 Å². The first-order valence-corrected chi connectivity index (χ1v) is 8.26. The molecule has 1 aromatic carbocycles. The van der Waals surface area contributed by atoms with Crippen LogP contribution in [0.4, 0.5) is 0 Å². The van der Waals surface area contributed by atoms with Gasteiger partial charge in [-0.15, -0.1) is 0 Å². The first-order valence-electron chi connectivity index (χ1n) is 8.26. The van der Waals surface area contributed by atoms with Crippen LogP contribution in [-0.2, 0) is 24.0 Å². The van der Waals surface area contributed by atoms with Crippen molar-refractivity contribution in [3.8, 4) is 34.5 Å². The van der Waals surface area contributed by atoms with Gasteiger partial charge in [-0.05, 0) is 6.92 Å². The Balaban J connectivity index is 4.12. The third-order valence-electron chi connectivity index (χ3n) is 2.76. The molecule has 1 aromatic rings. The molecule has 158 valence electrons. The Bertz CT molecular complexity index is 797. The largest absolute Gasteiger partial charge is 0.486 e. The molecule has 0 heterocycles. The van der Waals surface area contributed by atoms with Gasteiger partial charge in [-0.25, -0.2) is 0 Å². The normalized spacial score (nSPS) is 9.86. The van der Waals surface area contributed by atoms with Crippen molar-refractivity contribution >= 4 is 29.8 Å². The van der Waals surface area contributed by atoms with Crippen molar-refractivity contribution in [3.63, 3.8) is 0 Å². The maximum absolute atomic E-state index is 11.6. The van der Waals surface area contributed by atoms with Crippen LogP contribution in [0.5, 0.6) is 34.5 Å². The van der Waals surface area contributed by atoms with Crippen LogP contribution in [0.25, 0.3) is 0 Å². The summed E-state index contributed by atoms with van der Waals surface area (Å²) < 4.78 is 30.6. The Morgan fingerprint density at radius 3 is 0.862 bits per heavy atom. The van der Waals surface area contributed by atoms with E-state index in [0.29, 0.717) is 0 Å². The van der Waals surface area contributed by atoms with Crippen molar-refractivity contribution in [2.45, 2.75) is 41.5 Å². The third-order valence-corrected chi connectivity index (χ3v) is 2.76. The molecule has 0 aromatic heterocycles. The Morgan fingerprint density at radius 1 is 0.483 bits per heavy atom. The first-order chi connectivity index (χ1) is 13.5.